The van der Waals surface area contributed by atoms with Crippen LogP contribution in [-0.2, 0) is 4.74 Å². The molecule has 20 heavy (non-hydrogen) atoms. The summed E-state index contributed by atoms with van der Waals surface area (Å²) in [7, 11) is 0. The highest BCUT2D eigenvalue weighted by molar-refractivity contribution is 5.99. The number of hydrogen-bond acceptors (Lipinski definition) is 4. The van der Waals surface area contributed by atoms with E-state index in [1.54, 1.807) is 0 Å². The summed E-state index contributed by atoms with van der Waals surface area (Å²) in [5, 5.41) is 2.90. The van der Waals surface area contributed by atoms with Crippen molar-refractivity contribution >= 4 is 17.3 Å². The molecule has 0 unspecified atom stereocenters. The zero-order valence-electron chi connectivity index (χ0n) is 11.3. The maximum absolute atomic E-state index is 13.7. The van der Waals surface area contributed by atoms with E-state index in [-0.39, 0.29) is 16.9 Å². The molecule has 1 amide bonds. The molecule has 1 aromatic carbocycles. The van der Waals surface area contributed by atoms with E-state index in [1.807, 2.05) is 0 Å². The Morgan fingerprint density at radius 1 is 1.40 bits per heavy atom. The van der Waals surface area contributed by atoms with Gasteiger partial charge < -0.3 is 21.5 Å². The summed E-state index contributed by atoms with van der Waals surface area (Å²) >= 11 is 0. The molecule has 0 saturated heterocycles. The van der Waals surface area contributed by atoms with Crippen molar-refractivity contribution in [3.8, 4) is 0 Å². The predicted octanol–water partition coefficient (Wildman–Crippen LogP) is 1.88. The maximum atomic E-state index is 13.7. The first-order chi connectivity index (χ1) is 9.58. The Hall–Kier alpha value is -1.82. The highest BCUT2D eigenvalue weighted by atomic mass is 19.1. The Morgan fingerprint density at radius 3 is 2.75 bits per heavy atom. The monoisotopic (exact) mass is 281 g/mol. The third-order valence-corrected chi connectivity index (χ3v) is 3.48. The van der Waals surface area contributed by atoms with Crippen molar-refractivity contribution in [2.45, 2.75) is 31.8 Å². The number of benzene rings is 1. The van der Waals surface area contributed by atoms with E-state index >= 15 is 0 Å². The van der Waals surface area contributed by atoms with Gasteiger partial charge in [-0.05, 0) is 25.0 Å². The molecule has 0 spiro atoms. The molecule has 0 heterocycles. The summed E-state index contributed by atoms with van der Waals surface area (Å²) in [6.07, 6.45) is 4.96. The lowest BCUT2D eigenvalue weighted by atomic mass is 10.1. The molecule has 1 saturated carbocycles. The summed E-state index contributed by atoms with van der Waals surface area (Å²) in [6.45, 7) is 0.968. The first-order valence-electron chi connectivity index (χ1n) is 6.82. The van der Waals surface area contributed by atoms with Crippen molar-refractivity contribution in [1.29, 1.82) is 0 Å². The van der Waals surface area contributed by atoms with Crippen molar-refractivity contribution in [2.75, 3.05) is 24.2 Å². The number of amides is 1. The van der Waals surface area contributed by atoms with E-state index in [2.05, 4.69) is 5.32 Å². The predicted molar refractivity (Wildman–Crippen MR) is 76.0 cm³/mol. The van der Waals surface area contributed by atoms with Gasteiger partial charge in [0.05, 0.1) is 24.0 Å². The standard InChI is InChI=1S/C14H20FN3O2/c15-11-8-12(16)10(14(17)19)7-13(11)18-5-6-20-9-3-1-2-4-9/h7-9,18H,1-6,16H2,(H2,17,19). The van der Waals surface area contributed by atoms with Crippen LogP contribution in [0.1, 0.15) is 36.0 Å². The molecule has 2 rings (SSSR count). The molecular weight excluding hydrogens is 261 g/mol. The number of primary amides is 1. The number of carbonyl (C=O) groups excluding carboxylic acids is 1. The maximum Gasteiger partial charge on any atom is 0.250 e. The van der Waals surface area contributed by atoms with Gasteiger partial charge in [-0.3, -0.25) is 4.79 Å². The van der Waals surface area contributed by atoms with Crippen LogP contribution in [0.4, 0.5) is 15.8 Å². The second-order valence-electron chi connectivity index (χ2n) is 4.99. The zero-order valence-corrected chi connectivity index (χ0v) is 11.3. The van der Waals surface area contributed by atoms with E-state index in [4.69, 9.17) is 16.2 Å². The molecule has 5 N–H and O–H groups in total. The van der Waals surface area contributed by atoms with Gasteiger partial charge in [-0.15, -0.1) is 0 Å². The molecule has 0 atom stereocenters. The summed E-state index contributed by atoms with van der Waals surface area (Å²) < 4.78 is 19.4. The largest absolute Gasteiger partial charge is 0.398 e. The Balaban J connectivity index is 1.88. The third-order valence-electron chi connectivity index (χ3n) is 3.48. The van der Waals surface area contributed by atoms with Crippen molar-refractivity contribution in [1.82, 2.24) is 0 Å². The molecule has 0 aliphatic heterocycles. The van der Waals surface area contributed by atoms with E-state index in [9.17, 15) is 9.18 Å². The van der Waals surface area contributed by atoms with Gasteiger partial charge in [0.15, 0.2) is 0 Å². The van der Waals surface area contributed by atoms with Crippen LogP contribution in [0.25, 0.3) is 0 Å². The number of nitrogen functional groups attached to an aromatic ring is 1. The van der Waals surface area contributed by atoms with Gasteiger partial charge >= 0.3 is 0 Å². The average Bonchev–Trinajstić information content (AvgIpc) is 2.89. The number of rotatable bonds is 6. The van der Waals surface area contributed by atoms with Crippen LogP contribution in [0.5, 0.6) is 0 Å². The van der Waals surface area contributed by atoms with Gasteiger partial charge in [0.2, 0.25) is 0 Å². The molecule has 1 fully saturated rings. The number of hydrogen-bond donors (Lipinski definition) is 3. The molecule has 110 valence electrons. The summed E-state index contributed by atoms with van der Waals surface area (Å²) in [4.78, 5) is 11.2. The van der Waals surface area contributed by atoms with Crippen LogP contribution in [0.2, 0.25) is 0 Å². The van der Waals surface area contributed by atoms with E-state index in [0.717, 1.165) is 18.9 Å². The Morgan fingerprint density at radius 2 is 2.10 bits per heavy atom. The minimum absolute atomic E-state index is 0.0442. The van der Waals surface area contributed by atoms with Gasteiger partial charge in [0, 0.05) is 12.2 Å². The average molecular weight is 281 g/mol. The first kappa shape index (κ1) is 14.6. The molecule has 1 aromatic rings. The number of anilines is 2. The zero-order chi connectivity index (χ0) is 14.5. The van der Waals surface area contributed by atoms with Gasteiger partial charge in [0.25, 0.3) is 5.91 Å². The number of nitrogens with two attached hydrogens (primary N) is 2. The number of ether oxygens (including phenoxy) is 1. The van der Waals surface area contributed by atoms with E-state index in [0.29, 0.717) is 19.3 Å². The molecular formula is C14H20FN3O2. The minimum Gasteiger partial charge on any atom is -0.398 e. The summed E-state index contributed by atoms with van der Waals surface area (Å²) in [5.74, 6) is -1.18. The Bertz CT molecular complexity index is 488. The molecule has 0 radical (unpaired) electrons. The minimum atomic E-state index is -0.673. The van der Waals surface area contributed by atoms with Crippen LogP contribution < -0.4 is 16.8 Å². The molecule has 1 aliphatic carbocycles. The summed E-state index contributed by atoms with van der Waals surface area (Å²) in [5.41, 5.74) is 11.1. The third kappa shape index (κ3) is 3.60. The van der Waals surface area contributed by atoms with Gasteiger partial charge in [-0.2, -0.15) is 0 Å². The van der Waals surface area contributed by atoms with Crippen LogP contribution in [0.3, 0.4) is 0 Å². The van der Waals surface area contributed by atoms with Gasteiger partial charge in [-0.1, -0.05) is 12.8 Å². The number of carbonyl (C=O) groups is 1. The van der Waals surface area contributed by atoms with Gasteiger partial charge in [-0.25, -0.2) is 4.39 Å². The van der Waals surface area contributed by atoms with Crippen LogP contribution >= 0.6 is 0 Å². The molecule has 1 aliphatic rings. The van der Waals surface area contributed by atoms with Gasteiger partial charge in [0.1, 0.15) is 5.82 Å². The molecule has 0 aromatic heterocycles. The number of halogens is 1. The van der Waals surface area contributed by atoms with E-state index < -0.39 is 11.7 Å². The second-order valence-corrected chi connectivity index (χ2v) is 4.99. The lowest BCUT2D eigenvalue weighted by molar-refractivity contribution is 0.0659. The summed E-state index contributed by atoms with van der Waals surface area (Å²) in [6, 6.07) is 2.43. The normalized spacial score (nSPS) is 15.4. The van der Waals surface area contributed by atoms with Crippen molar-refractivity contribution in [2.24, 2.45) is 5.73 Å². The van der Waals surface area contributed by atoms with Crippen molar-refractivity contribution in [3.05, 3.63) is 23.5 Å². The second kappa shape index (κ2) is 6.56. The molecule has 5 nitrogen and oxygen atoms in total. The Labute approximate surface area is 117 Å². The Kier molecular flexibility index (Phi) is 4.79. The van der Waals surface area contributed by atoms with Crippen LogP contribution in [0, 0.1) is 5.82 Å². The highest BCUT2D eigenvalue weighted by Crippen LogP contribution is 2.22. The fourth-order valence-electron chi connectivity index (χ4n) is 2.40. The first-order valence-corrected chi connectivity index (χ1v) is 6.82. The fraction of sp³-hybridized carbons (Fsp3) is 0.500. The quantitative estimate of drug-likeness (QED) is 0.548. The topological polar surface area (TPSA) is 90.4 Å². The SMILES string of the molecule is NC(=O)c1cc(NCCOC2CCCC2)c(F)cc1N. The van der Waals surface area contributed by atoms with Crippen LogP contribution in [0.15, 0.2) is 12.1 Å². The smallest absolute Gasteiger partial charge is 0.250 e. The van der Waals surface area contributed by atoms with Crippen molar-refractivity contribution in [3.63, 3.8) is 0 Å². The molecule has 6 heteroatoms. The number of nitrogens with one attached hydrogen (secondary N) is 1. The highest BCUT2D eigenvalue weighted by Gasteiger charge is 2.15. The van der Waals surface area contributed by atoms with Crippen LogP contribution in [-0.4, -0.2) is 25.2 Å². The molecule has 0 bridgehead atoms. The lowest BCUT2D eigenvalue weighted by Crippen LogP contribution is -2.17. The lowest BCUT2D eigenvalue weighted by Gasteiger charge is -2.13. The van der Waals surface area contributed by atoms with Crippen molar-refractivity contribution < 1.29 is 13.9 Å². The van der Waals surface area contributed by atoms with E-state index in [1.165, 1.54) is 18.9 Å². The fourth-order valence-corrected chi connectivity index (χ4v) is 2.40.